The Kier molecular flexibility index (Phi) is 4.21. The van der Waals surface area contributed by atoms with Crippen molar-refractivity contribution in [1.82, 2.24) is 4.98 Å². The molecule has 82 valence electrons. The number of carbonyl (C=O) groups excluding carboxylic acids is 1. The van der Waals surface area contributed by atoms with Crippen molar-refractivity contribution in [2.24, 2.45) is 0 Å². The molecule has 0 N–H and O–H groups in total. The Labute approximate surface area is 103 Å². The molecule has 0 fully saturated rings. The zero-order chi connectivity index (χ0) is 11.6. The van der Waals surface area contributed by atoms with Crippen LogP contribution in [-0.4, -0.2) is 18.1 Å². The number of hydrogen-bond donors (Lipinski definition) is 0. The molecular weight excluding hydrogens is 342 g/mol. The second-order valence-electron chi connectivity index (χ2n) is 2.48. The molecule has 0 radical (unpaired) electrons. The molecule has 1 rings (SSSR count). The van der Waals surface area contributed by atoms with E-state index in [4.69, 9.17) is 11.6 Å². The first-order valence-electron chi connectivity index (χ1n) is 3.69. The zero-order valence-corrected chi connectivity index (χ0v) is 10.3. The first-order valence-corrected chi connectivity index (χ1v) is 5.15. The topological polar surface area (TPSA) is 39.2 Å². The van der Waals surface area contributed by atoms with Crippen LogP contribution in [0.5, 0.6) is 0 Å². The molecule has 0 unspecified atom stereocenters. The summed E-state index contributed by atoms with van der Waals surface area (Å²) in [4.78, 5) is 14.6. The molecule has 1 aromatic heterocycles. The van der Waals surface area contributed by atoms with Gasteiger partial charge in [0.15, 0.2) is 5.69 Å². The third-order valence-corrected chi connectivity index (χ3v) is 3.09. The molecule has 0 saturated carbocycles. The van der Waals surface area contributed by atoms with Gasteiger partial charge in [0.2, 0.25) is 0 Å². The van der Waals surface area contributed by atoms with Gasteiger partial charge < -0.3 is 4.74 Å². The van der Waals surface area contributed by atoms with Crippen molar-refractivity contribution < 1.29 is 18.3 Å². The molecular formula is C8H5ClF2INO2. The normalized spacial score (nSPS) is 10.5. The maximum Gasteiger partial charge on any atom is 0.358 e. The molecule has 0 amide bonds. The van der Waals surface area contributed by atoms with Crippen molar-refractivity contribution in [2.75, 3.05) is 7.11 Å². The van der Waals surface area contributed by atoms with Gasteiger partial charge >= 0.3 is 5.97 Å². The van der Waals surface area contributed by atoms with Crippen LogP contribution in [-0.2, 0) is 4.74 Å². The van der Waals surface area contributed by atoms with Gasteiger partial charge in [0, 0.05) is 3.57 Å². The standard InChI is InChI=1S/C8H5ClF2INO2/c1-15-8(14)6-5(9)3(12)2-4(13-6)7(10)11/h2,7H,1H3. The maximum absolute atomic E-state index is 12.4. The van der Waals surface area contributed by atoms with Crippen LogP contribution < -0.4 is 0 Å². The van der Waals surface area contributed by atoms with Crippen LogP contribution in [0, 0.1) is 3.57 Å². The number of aromatic nitrogens is 1. The molecule has 1 heterocycles. The van der Waals surface area contributed by atoms with Crippen LogP contribution >= 0.6 is 34.2 Å². The summed E-state index contributed by atoms with van der Waals surface area (Å²) in [7, 11) is 1.13. The fourth-order valence-electron chi connectivity index (χ4n) is 0.860. The molecule has 0 aliphatic carbocycles. The number of esters is 1. The van der Waals surface area contributed by atoms with Crippen LogP contribution in [0.4, 0.5) is 8.78 Å². The van der Waals surface area contributed by atoms with Gasteiger partial charge in [0.1, 0.15) is 5.69 Å². The summed E-state index contributed by atoms with van der Waals surface area (Å²) in [6.45, 7) is 0. The lowest BCUT2D eigenvalue weighted by Crippen LogP contribution is -2.08. The van der Waals surface area contributed by atoms with Crippen molar-refractivity contribution in [1.29, 1.82) is 0 Å². The highest BCUT2D eigenvalue weighted by Gasteiger charge is 2.20. The van der Waals surface area contributed by atoms with E-state index in [0.717, 1.165) is 13.2 Å². The van der Waals surface area contributed by atoms with E-state index in [1.54, 1.807) is 22.6 Å². The van der Waals surface area contributed by atoms with Gasteiger partial charge in [-0.2, -0.15) is 0 Å². The third-order valence-electron chi connectivity index (χ3n) is 1.54. The van der Waals surface area contributed by atoms with E-state index in [1.807, 2.05) is 0 Å². The number of rotatable bonds is 2. The number of pyridine rings is 1. The highest BCUT2D eigenvalue weighted by atomic mass is 127. The Balaban J connectivity index is 3.31. The van der Waals surface area contributed by atoms with Gasteiger partial charge in [-0.1, -0.05) is 11.6 Å². The second-order valence-corrected chi connectivity index (χ2v) is 4.02. The van der Waals surface area contributed by atoms with Gasteiger partial charge in [-0.15, -0.1) is 0 Å². The van der Waals surface area contributed by atoms with E-state index >= 15 is 0 Å². The summed E-state index contributed by atoms with van der Waals surface area (Å²) in [5.74, 6) is -0.833. The summed E-state index contributed by atoms with van der Waals surface area (Å²) in [5, 5.41) is 0.0202. The molecule has 0 aliphatic heterocycles. The number of methoxy groups -OCH3 is 1. The van der Waals surface area contributed by atoms with Crippen molar-refractivity contribution in [2.45, 2.75) is 6.43 Å². The fraction of sp³-hybridized carbons (Fsp3) is 0.250. The lowest BCUT2D eigenvalue weighted by Gasteiger charge is -2.06. The van der Waals surface area contributed by atoms with Crippen molar-refractivity contribution >= 4 is 40.2 Å². The molecule has 15 heavy (non-hydrogen) atoms. The number of halogens is 4. The van der Waals surface area contributed by atoms with E-state index in [-0.39, 0.29) is 10.7 Å². The SMILES string of the molecule is COC(=O)c1nc(C(F)F)cc(I)c1Cl. The first-order chi connectivity index (χ1) is 6.97. The minimum Gasteiger partial charge on any atom is -0.464 e. The maximum atomic E-state index is 12.4. The summed E-state index contributed by atoms with van der Waals surface area (Å²) in [6.07, 6.45) is -2.75. The zero-order valence-electron chi connectivity index (χ0n) is 7.43. The average Bonchev–Trinajstić information content (AvgIpc) is 2.20. The lowest BCUT2D eigenvalue weighted by atomic mass is 10.3. The molecule has 0 atom stereocenters. The van der Waals surface area contributed by atoms with E-state index in [0.29, 0.717) is 3.57 Å². The Morgan fingerprint density at radius 1 is 1.67 bits per heavy atom. The van der Waals surface area contributed by atoms with Gasteiger partial charge in [-0.25, -0.2) is 18.6 Å². The van der Waals surface area contributed by atoms with Crippen LogP contribution in [0.25, 0.3) is 0 Å². The minimum absolute atomic E-state index is 0.0202. The number of nitrogens with zero attached hydrogens (tertiary/aromatic N) is 1. The van der Waals surface area contributed by atoms with Gasteiger partial charge in [-0.05, 0) is 28.7 Å². The number of ether oxygens (including phenoxy) is 1. The summed E-state index contributed by atoms with van der Waals surface area (Å²) < 4.78 is 29.4. The largest absolute Gasteiger partial charge is 0.464 e. The first kappa shape index (κ1) is 12.6. The number of hydrogen-bond acceptors (Lipinski definition) is 3. The number of alkyl halides is 2. The summed E-state index contributed by atoms with van der Waals surface area (Å²) in [5.41, 5.74) is -0.787. The predicted molar refractivity (Wildman–Crippen MR) is 58.3 cm³/mol. The highest BCUT2D eigenvalue weighted by molar-refractivity contribution is 14.1. The fourth-order valence-corrected chi connectivity index (χ4v) is 1.61. The van der Waals surface area contributed by atoms with Crippen molar-refractivity contribution in [3.05, 3.63) is 26.0 Å². The van der Waals surface area contributed by atoms with Crippen molar-refractivity contribution in [3.63, 3.8) is 0 Å². The van der Waals surface area contributed by atoms with Crippen molar-refractivity contribution in [3.8, 4) is 0 Å². The Hall–Kier alpha value is -0.500. The molecule has 3 nitrogen and oxygen atoms in total. The summed E-state index contributed by atoms with van der Waals surface area (Å²) in [6, 6.07) is 1.12. The monoisotopic (exact) mass is 347 g/mol. The van der Waals surface area contributed by atoms with Gasteiger partial charge in [0.25, 0.3) is 6.43 Å². The molecule has 1 aromatic rings. The average molecular weight is 347 g/mol. The van der Waals surface area contributed by atoms with E-state index in [1.165, 1.54) is 0 Å². The predicted octanol–water partition coefficient (Wildman–Crippen LogP) is 3.06. The van der Waals surface area contributed by atoms with Crippen LogP contribution in [0.15, 0.2) is 6.07 Å². The third kappa shape index (κ3) is 2.75. The van der Waals surface area contributed by atoms with Crippen LogP contribution in [0.3, 0.4) is 0 Å². The van der Waals surface area contributed by atoms with Crippen LogP contribution in [0.1, 0.15) is 22.6 Å². The van der Waals surface area contributed by atoms with Crippen LogP contribution in [0.2, 0.25) is 5.02 Å². The Morgan fingerprint density at radius 2 is 2.27 bits per heavy atom. The molecule has 0 spiro atoms. The Bertz CT molecular complexity index is 400. The van der Waals surface area contributed by atoms with E-state index in [9.17, 15) is 13.6 Å². The molecule has 7 heteroatoms. The number of carbonyl (C=O) groups is 1. The quantitative estimate of drug-likeness (QED) is 0.610. The molecule has 0 saturated heterocycles. The van der Waals surface area contributed by atoms with Gasteiger partial charge in [-0.3, -0.25) is 0 Å². The summed E-state index contributed by atoms with van der Waals surface area (Å²) >= 11 is 7.47. The highest BCUT2D eigenvalue weighted by Crippen LogP contribution is 2.27. The van der Waals surface area contributed by atoms with Gasteiger partial charge in [0.05, 0.1) is 12.1 Å². The van der Waals surface area contributed by atoms with E-state index < -0.39 is 18.1 Å². The minimum atomic E-state index is -2.75. The lowest BCUT2D eigenvalue weighted by molar-refractivity contribution is 0.0592. The molecule has 0 aromatic carbocycles. The Morgan fingerprint density at radius 3 is 2.73 bits per heavy atom. The molecule has 0 bridgehead atoms. The molecule has 0 aliphatic rings. The van der Waals surface area contributed by atoms with E-state index in [2.05, 4.69) is 9.72 Å². The smallest absolute Gasteiger partial charge is 0.358 e. The second kappa shape index (κ2) is 5.02.